The zero-order valence-corrected chi connectivity index (χ0v) is 22.7. The fraction of sp³-hybridized carbons (Fsp3) is 0.182. The number of hydrogen-bond donors (Lipinski definition) is 0. The van der Waals surface area contributed by atoms with Crippen molar-refractivity contribution < 1.29 is 156 Å². The van der Waals surface area contributed by atoms with Gasteiger partial charge in [-0.2, -0.15) is 0 Å². The maximum absolute atomic E-state index is 10.7. The Labute approximate surface area is 228 Å². The van der Waals surface area contributed by atoms with Gasteiger partial charge in [0, 0.05) is 11.1 Å². The molecule has 1 aromatic rings. The largest absolute Gasteiger partial charge is 1.00 e. The van der Waals surface area contributed by atoms with E-state index in [1.807, 2.05) is 0 Å². The van der Waals surface area contributed by atoms with Crippen LogP contribution in [0.2, 0.25) is 0 Å². The molecule has 0 aliphatic rings. The molecule has 1 rings (SSSR count). The minimum absolute atomic E-state index is 0. The van der Waals surface area contributed by atoms with Gasteiger partial charge in [-0.15, -0.1) is 6.42 Å². The Morgan fingerprint density at radius 1 is 0.958 bits per heavy atom. The van der Waals surface area contributed by atoms with Crippen LogP contribution in [0.4, 0.5) is 0 Å². The first-order valence-corrected chi connectivity index (χ1v) is 6.66. The first kappa shape index (κ1) is 33.5. The van der Waals surface area contributed by atoms with Gasteiger partial charge in [0.05, 0.1) is 18.5 Å². The summed E-state index contributed by atoms with van der Waals surface area (Å²) in [6.07, 6.45) is -0.234. The van der Waals surface area contributed by atoms with Crippen molar-refractivity contribution in [2.24, 2.45) is 0 Å². The van der Waals surface area contributed by atoms with Crippen molar-refractivity contribution in [3.05, 3.63) is 35.1 Å². The molecule has 0 atom stereocenters. The zero-order valence-electron chi connectivity index (χ0n) is 13.9. The standard InChI is InChI=1S/C11H11O8S.4Na/c12-10(13)7-4-8(11(14)15)6-9(5-7)19-2-1-3-20(16,17)18;;;;/h3-6H,1-2H2,(H,12,13)(H,14,15)(H,16,17,18);;;;/q-1;4*+1/p-3. The van der Waals surface area contributed by atoms with Crippen molar-refractivity contribution in [2.45, 2.75) is 6.42 Å². The Morgan fingerprint density at radius 3 is 1.71 bits per heavy atom. The summed E-state index contributed by atoms with van der Waals surface area (Å²) in [6, 6.07) is 2.85. The second-order valence-corrected chi connectivity index (χ2v) is 4.94. The van der Waals surface area contributed by atoms with Crippen LogP contribution in [0.5, 0.6) is 5.75 Å². The Balaban J connectivity index is -0.000000500. The average molecular weight is 392 g/mol. The van der Waals surface area contributed by atoms with Crippen molar-refractivity contribution in [1.29, 1.82) is 0 Å². The molecular formula is C11H8Na4O8S. The molecule has 8 nitrogen and oxygen atoms in total. The summed E-state index contributed by atoms with van der Waals surface area (Å²) in [6.45, 7) is -0.246. The van der Waals surface area contributed by atoms with Crippen molar-refractivity contribution in [2.75, 3.05) is 6.61 Å². The number of hydrogen-bond acceptors (Lipinski definition) is 8. The third kappa shape index (κ3) is 14.0. The fourth-order valence-corrected chi connectivity index (χ4v) is 1.67. The third-order valence-electron chi connectivity index (χ3n) is 2.09. The first-order valence-electron chi connectivity index (χ1n) is 5.19. The van der Waals surface area contributed by atoms with Crippen molar-refractivity contribution in [3.8, 4) is 5.75 Å². The van der Waals surface area contributed by atoms with Crippen LogP contribution in [-0.2, 0) is 10.1 Å². The van der Waals surface area contributed by atoms with Crippen LogP contribution < -0.4 is 133 Å². The average Bonchev–Trinajstić information content (AvgIpc) is 2.33. The number of rotatable bonds is 7. The van der Waals surface area contributed by atoms with Crippen molar-refractivity contribution in [3.63, 3.8) is 0 Å². The van der Waals surface area contributed by atoms with Gasteiger partial charge in [0.1, 0.15) is 5.75 Å². The SMILES string of the molecule is O=C([O-])c1cc(OCC[CH-]S(=O)(=O)[O-])cc(C(=O)[O-])c1.[Na+].[Na+].[Na+].[Na+]. The van der Waals surface area contributed by atoms with Crippen LogP contribution in [0.25, 0.3) is 0 Å². The van der Waals surface area contributed by atoms with Crippen LogP contribution in [0.1, 0.15) is 27.1 Å². The van der Waals surface area contributed by atoms with Crippen molar-refractivity contribution >= 4 is 22.1 Å². The fourth-order valence-electron chi connectivity index (χ4n) is 1.29. The Hall–Kier alpha value is 1.87. The minimum atomic E-state index is -4.48. The summed E-state index contributed by atoms with van der Waals surface area (Å²) in [5.41, 5.74) is -0.857. The number of carboxylic acids is 2. The summed E-state index contributed by atoms with van der Waals surface area (Å²) >= 11 is 0. The van der Waals surface area contributed by atoms with Gasteiger partial charge in [0.25, 0.3) is 0 Å². The summed E-state index contributed by atoms with van der Waals surface area (Å²) in [5, 5.41) is 21.4. The number of carboxylic acid groups (broad SMARTS) is 2. The summed E-state index contributed by atoms with van der Waals surface area (Å²) < 4.78 is 35.8. The molecule has 0 amide bonds. The first-order chi connectivity index (χ1) is 9.19. The molecule has 0 N–H and O–H groups in total. The van der Waals surface area contributed by atoms with E-state index in [0.717, 1.165) is 18.2 Å². The molecule has 0 bridgehead atoms. The monoisotopic (exact) mass is 392 g/mol. The van der Waals surface area contributed by atoms with E-state index in [-0.39, 0.29) is 137 Å². The van der Waals surface area contributed by atoms with E-state index in [9.17, 15) is 32.8 Å². The predicted octanol–water partition coefficient (Wildman–Crippen LogP) is -14.1. The normalized spacial score (nSPS) is 9.21. The molecule has 110 valence electrons. The molecule has 0 aliphatic heterocycles. The number of ether oxygens (including phenoxy) is 1. The number of benzene rings is 1. The van der Waals surface area contributed by atoms with Crippen LogP contribution in [0.3, 0.4) is 0 Å². The second kappa shape index (κ2) is 15.9. The van der Waals surface area contributed by atoms with E-state index in [4.69, 9.17) is 4.74 Å². The van der Waals surface area contributed by atoms with Crippen LogP contribution in [0, 0.1) is 5.75 Å². The molecule has 0 heterocycles. The molecule has 1 aromatic carbocycles. The molecule has 24 heavy (non-hydrogen) atoms. The summed E-state index contributed by atoms with van der Waals surface area (Å²) in [4.78, 5) is 21.4. The Bertz CT molecular complexity index is 603. The molecule has 0 unspecified atom stereocenters. The van der Waals surface area contributed by atoms with Gasteiger partial charge in [-0.1, -0.05) is 0 Å². The van der Waals surface area contributed by atoms with Crippen molar-refractivity contribution in [1.82, 2.24) is 0 Å². The van der Waals surface area contributed by atoms with Gasteiger partial charge < -0.3 is 29.1 Å². The molecule has 0 spiro atoms. The van der Waals surface area contributed by atoms with Gasteiger partial charge in [-0.3, -0.25) is 8.42 Å². The topological polar surface area (TPSA) is 147 Å². The van der Waals surface area contributed by atoms with Crippen LogP contribution in [-0.4, -0.2) is 31.5 Å². The van der Waals surface area contributed by atoms with E-state index in [2.05, 4.69) is 0 Å². The van der Waals surface area contributed by atoms with Gasteiger partial charge in [0.2, 0.25) is 0 Å². The predicted molar refractivity (Wildman–Crippen MR) is 59.2 cm³/mol. The van der Waals surface area contributed by atoms with Crippen LogP contribution in [0.15, 0.2) is 18.2 Å². The quantitative estimate of drug-likeness (QED) is 0.192. The Morgan fingerprint density at radius 2 is 1.38 bits per heavy atom. The number of carbonyl (C=O) groups excluding carboxylic acids is 2. The second-order valence-electron chi connectivity index (χ2n) is 3.62. The van der Waals surface area contributed by atoms with Gasteiger partial charge in [0.15, 0.2) is 0 Å². The smallest absolute Gasteiger partial charge is 0.774 e. The Kier molecular flexibility index (Phi) is 22.1. The van der Waals surface area contributed by atoms with Gasteiger partial charge in [-0.25, -0.2) is 5.75 Å². The zero-order chi connectivity index (χ0) is 15.3. The van der Waals surface area contributed by atoms with E-state index in [1.165, 1.54) is 0 Å². The minimum Gasteiger partial charge on any atom is -0.774 e. The van der Waals surface area contributed by atoms with E-state index >= 15 is 0 Å². The van der Waals surface area contributed by atoms with Crippen LogP contribution >= 0.6 is 0 Å². The molecule has 0 saturated carbocycles. The number of carbonyl (C=O) groups is 2. The van der Waals surface area contributed by atoms with E-state index < -0.39 is 33.2 Å². The number of aromatic carboxylic acids is 2. The third-order valence-corrected chi connectivity index (χ3v) is 2.73. The van der Waals surface area contributed by atoms with E-state index in [1.54, 1.807) is 0 Å². The molecule has 0 aromatic heterocycles. The summed E-state index contributed by atoms with van der Waals surface area (Å²) in [5.74, 6) is -2.85. The molecular weight excluding hydrogens is 384 g/mol. The van der Waals surface area contributed by atoms with E-state index in [0.29, 0.717) is 5.75 Å². The summed E-state index contributed by atoms with van der Waals surface area (Å²) in [7, 11) is -4.48. The maximum Gasteiger partial charge on any atom is 1.00 e. The maximum atomic E-state index is 10.7. The molecule has 13 heteroatoms. The molecule has 0 radical (unpaired) electrons. The molecule has 0 saturated heterocycles. The van der Waals surface area contributed by atoms with Gasteiger partial charge in [-0.05, 0) is 28.3 Å². The molecule has 0 aliphatic carbocycles. The molecule has 0 fully saturated rings. The van der Waals surface area contributed by atoms with Gasteiger partial charge >= 0.3 is 118 Å².